The van der Waals surface area contributed by atoms with Gasteiger partial charge < -0.3 is 4.90 Å². The smallest absolute Gasteiger partial charge is 0.255 e. The maximum absolute atomic E-state index is 12.6. The highest BCUT2D eigenvalue weighted by Gasteiger charge is 2.30. The van der Waals surface area contributed by atoms with Gasteiger partial charge in [0.25, 0.3) is 5.91 Å². The van der Waals surface area contributed by atoms with Gasteiger partial charge in [0.15, 0.2) is 0 Å². The molecule has 0 aliphatic carbocycles. The Morgan fingerprint density at radius 3 is 2.75 bits per heavy atom. The average molecular weight is 357 g/mol. The van der Waals surface area contributed by atoms with Crippen LogP contribution >= 0.6 is 28.6 Å². The number of carbonyl (C=O) groups excluding carboxylic acids is 1. The minimum Gasteiger partial charge on any atom is -0.337 e. The maximum atomic E-state index is 12.6. The van der Waals surface area contributed by atoms with Crippen LogP contribution in [0, 0.1) is 0 Å². The summed E-state index contributed by atoms with van der Waals surface area (Å²) < 4.78 is 0.946. The molecule has 5 heteroatoms. The van der Waals surface area contributed by atoms with E-state index in [-0.39, 0.29) is 5.91 Å². The van der Waals surface area contributed by atoms with Gasteiger partial charge in [0.05, 0.1) is 5.56 Å². The summed E-state index contributed by atoms with van der Waals surface area (Å²) in [6.07, 6.45) is 1.06. The van der Waals surface area contributed by atoms with Crippen molar-refractivity contribution in [2.24, 2.45) is 0 Å². The lowest BCUT2D eigenvalue weighted by molar-refractivity contribution is 0.0774. The number of likely N-dealkylation sites (tertiary alicyclic amines) is 1. The van der Waals surface area contributed by atoms with Gasteiger partial charge in [-0.1, -0.05) is 29.8 Å². The Hall–Kier alpha value is -0.520. The summed E-state index contributed by atoms with van der Waals surface area (Å²) in [5.41, 5.74) is 0.691. The Kier molecular flexibility index (Phi) is 5.52. The number of rotatable bonds is 4. The van der Waals surface area contributed by atoms with Crippen molar-refractivity contribution >= 4 is 34.5 Å². The van der Waals surface area contributed by atoms with Gasteiger partial charge in [-0.25, -0.2) is 0 Å². The zero-order chi connectivity index (χ0) is 14.7. The summed E-state index contributed by atoms with van der Waals surface area (Å²) in [5.74, 6) is 0.0946. The monoisotopic (exact) mass is 356 g/mol. The first-order valence-corrected chi connectivity index (χ1v) is 8.32. The first kappa shape index (κ1) is 15.9. The second-order valence-corrected chi connectivity index (χ2v) is 6.47. The highest BCUT2D eigenvalue weighted by atomic mass is 79.9. The molecule has 1 atom stereocenters. The summed E-state index contributed by atoms with van der Waals surface area (Å²) in [5, 5.41) is 0. The highest BCUT2D eigenvalue weighted by molar-refractivity contribution is 9.10. The van der Waals surface area contributed by atoms with Crippen LogP contribution in [-0.4, -0.2) is 47.9 Å². The Morgan fingerprint density at radius 2 is 2.15 bits per heavy atom. The van der Waals surface area contributed by atoms with Crippen LogP contribution in [0.1, 0.15) is 30.6 Å². The van der Waals surface area contributed by atoms with E-state index in [4.69, 9.17) is 0 Å². The van der Waals surface area contributed by atoms with Crippen molar-refractivity contribution in [2.45, 2.75) is 31.2 Å². The van der Waals surface area contributed by atoms with E-state index in [2.05, 4.69) is 47.3 Å². The van der Waals surface area contributed by atoms with E-state index >= 15 is 0 Å². The third-order valence-corrected chi connectivity index (χ3v) is 4.83. The fourth-order valence-electron chi connectivity index (χ4n) is 2.82. The van der Waals surface area contributed by atoms with Crippen molar-refractivity contribution in [3.05, 3.63) is 28.2 Å². The summed E-state index contributed by atoms with van der Waals surface area (Å²) >= 11 is 7.81. The quantitative estimate of drug-likeness (QED) is 0.836. The van der Waals surface area contributed by atoms with E-state index in [1.807, 2.05) is 23.1 Å². The van der Waals surface area contributed by atoms with Crippen molar-refractivity contribution in [1.82, 2.24) is 9.80 Å². The Bertz CT molecular complexity index is 491. The molecule has 1 aliphatic heterocycles. The molecule has 3 nitrogen and oxygen atoms in total. The van der Waals surface area contributed by atoms with Gasteiger partial charge >= 0.3 is 0 Å². The molecule has 1 aromatic carbocycles. The van der Waals surface area contributed by atoms with Gasteiger partial charge in [0, 0.05) is 28.5 Å². The van der Waals surface area contributed by atoms with Crippen LogP contribution in [0.25, 0.3) is 0 Å². The van der Waals surface area contributed by atoms with E-state index < -0.39 is 0 Å². The van der Waals surface area contributed by atoms with Crippen LogP contribution in [0.4, 0.5) is 0 Å². The van der Waals surface area contributed by atoms with Crippen LogP contribution in [-0.2, 0) is 0 Å². The molecule has 1 amide bonds. The SMILES string of the molecule is CCN(CC)C1CCN(C(=O)c2ccc(Br)cc2S)C1. The number of carbonyl (C=O) groups is 1. The van der Waals surface area contributed by atoms with E-state index in [1.165, 1.54) is 0 Å². The summed E-state index contributed by atoms with van der Waals surface area (Å²) in [6, 6.07) is 6.10. The molecule has 1 unspecified atom stereocenters. The lowest BCUT2D eigenvalue weighted by atomic mass is 10.2. The first-order valence-electron chi connectivity index (χ1n) is 7.08. The van der Waals surface area contributed by atoms with Crippen molar-refractivity contribution < 1.29 is 4.79 Å². The predicted octanol–water partition coefficient (Wildman–Crippen LogP) is 3.29. The minimum atomic E-state index is 0.0946. The molecule has 1 aromatic rings. The van der Waals surface area contributed by atoms with Crippen molar-refractivity contribution in [2.75, 3.05) is 26.2 Å². The molecule has 1 heterocycles. The number of benzene rings is 1. The predicted molar refractivity (Wildman–Crippen MR) is 88.6 cm³/mol. The number of thiol groups is 1. The van der Waals surface area contributed by atoms with Crippen molar-refractivity contribution in [3.8, 4) is 0 Å². The number of nitrogens with zero attached hydrogens (tertiary/aromatic N) is 2. The molecule has 0 bridgehead atoms. The molecule has 1 saturated heterocycles. The van der Waals surface area contributed by atoms with E-state index in [1.54, 1.807) is 0 Å². The molecule has 20 heavy (non-hydrogen) atoms. The Labute approximate surface area is 134 Å². The first-order chi connectivity index (χ1) is 9.56. The van der Waals surface area contributed by atoms with Crippen LogP contribution in [0.2, 0.25) is 0 Å². The Balaban J connectivity index is 2.08. The molecule has 0 spiro atoms. The minimum absolute atomic E-state index is 0.0946. The third-order valence-electron chi connectivity index (χ3n) is 3.97. The number of hydrogen-bond acceptors (Lipinski definition) is 3. The molecular weight excluding hydrogens is 336 g/mol. The van der Waals surface area contributed by atoms with Gasteiger partial charge in [-0.2, -0.15) is 0 Å². The van der Waals surface area contributed by atoms with E-state index in [0.717, 1.165) is 42.0 Å². The molecule has 0 radical (unpaired) electrons. The normalized spacial score (nSPS) is 18.9. The summed E-state index contributed by atoms with van der Waals surface area (Å²) in [6.45, 7) is 8.09. The molecule has 1 fully saturated rings. The maximum Gasteiger partial charge on any atom is 0.255 e. The van der Waals surface area contributed by atoms with Gasteiger partial charge in [-0.3, -0.25) is 9.69 Å². The summed E-state index contributed by atoms with van der Waals surface area (Å²) in [7, 11) is 0. The van der Waals surface area contributed by atoms with Crippen LogP contribution in [0.3, 0.4) is 0 Å². The highest BCUT2D eigenvalue weighted by Crippen LogP contribution is 2.24. The zero-order valence-corrected chi connectivity index (χ0v) is 14.5. The molecule has 0 N–H and O–H groups in total. The number of likely N-dealkylation sites (N-methyl/N-ethyl adjacent to an activating group) is 1. The van der Waals surface area contributed by atoms with Crippen LogP contribution in [0.15, 0.2) is 27.6 Å². The van der Waals surface area contributed by atoms with E-state index in [9.17, 15) is 4.79 Å². The molecule has 2 rings (SSSR count). The molecule has 110 valence electrons. The van der Waals surface area contributed by atoms with Crippen molar-refractivity contribution in [1.29, 1.82) is 0 Å². The second-order valence-electron chi connectivity index (χ2n) is 5.08. The fraction of sp³-hybridized carbons (Fsp3) is 0.533. The van der Waals surface area contributed by atoms with E-state index in [0.29, 0.717) is 11.6 Å². The van der Waals surface area contributed by atoms with Crippen LogP contribution in [0.5, 0.6) is 0 Å². The standard InChI is InChI=1S/C15H21BrN2OS/c1-3-17(4-2)12-7-8-18(10-12)15(19)13-6-5-11(16)9-14(13)20/h5-6,9,12,20H,3-4,7-8,10H2,1-2H3. The van der Waals surface area contributed by atoms with Gasteiger partial charge in [-0.05, 0) is 37.7 Å². The molecule has 0 saturated carbocycles. The topological polar surface area (TPSA) is 23.6 Å². The number of amides is 1. The average Bonchev–Trinajstić information content (AvgIpc) is 2.89. The van der Waals surface area contributed by atoms with Crippen molar-refractivity contribution in [3.63, 3.8) is 0 Å². The number of halogens is 1. The van der Waals surface area contributed by atoms with Crippen LogP contribution < -0.4 is 0 Å². The zero-order valence-electron chi connectivity index (χ0n) is 12.0. The summed E-state index contributed by atoms with van der Waals surface area (Å²) in [4.78, 5) is 17.7. The largest absolute Gasteiger partial charge is 0.337 e. The second kappa shape index (κ2) is 6.96. The van der Waals surface area contributed by atoms with Gasteiger partial charge in [0.2, 0.25) is 0 Å². The Morgan fingerprint density at radius 1 is 1.45 bits per heavy atom. The number of hydrogen-bond donors (Lipinski definition) is 1. The molecular formula is C15H21BrN2OS. The van der Waals surface area contributed by atoms with Gasteiger partial charge in [-0.15, -0.1) is 12.6 Å². The molecule has 1 aliphatic rings. The molecule has 0 aromatic heterocycles. The van der Waals surface area contributed by atoms with Gasteiger partial charge in [0.1, 0.15) is 0 Å². The fourth-order valence-corrected chi connectivity index (χ4v) is 3.67. The lowest BCUT2D eigenvalue weighted by Crippen LogP contribution is -2.38. The lowest BCUT2D eigenvalue weighted by Gasteiger charge is -2.26. The third kappa shape index (κ3) is 3.38.